The molecule has 0 radical (unpaired) electrons. The van der Waals surface area contributed by atoms with E-state index in [4.69, 9.17) is 0 Å². The van der Waals surface area contributed by atoms with Crippen LogP contribution in [0.3, 0.4) is 0 Å². The number of rotatable bonds is 5. The van der Waals surface area contributed by atoms with Crippen LogP contribution in [-0.2, 0) is 29.4 Å². The molecule has 0 amide bonds. The van der Waals surface area contributed by atoms with Gasteiger partial charge in [0.25, 0.3) is 0 Å². The summed E-state index contributed by atoms with van der Waals surface area (Å²) in [5.41, 5.74) is 8.93. The Morgan fingerprint density at radius 1 is 0.528 bits per heavy atom. The van der Waals surface area contributed by atoms with Crippen molar-refractivity contribution >= 4 is 18.3 Å². The molecule has 0 saturated carbocycles. The molecule has 4 aromatic rings. The zero-order valence-corrected chi connectivity index (χ0v) is 23.8. The molecule has 6 rings (SSSR count). The van der Waals surface area contributed by atoms with E-state index in [0.717, 1.165) is 21.3 Å². The van der Waals surface area contributed by atoms with E-state index >= 15 is 0 Å². The van der Waals surface area contributed by atoms with Crippen molar-refractivity contribution in [3.63, 3.8) is 0 Å². The first kappa shape index (κ1) is 25.0. The Morgan fingerprint density at radius 3 is 1.33 bits per heavy atom. The van der Waals surface area contributed by atoms with Crippen molar-refractivity contribution < 1.29 is 16.6 Å². The minimum atomic E-state index is -1.29. The molecule has 0 fully saturated rings. The van der Waals surface area contributed by atoms with E-state index < -0.39 is 16.6 Å². The Morgan fingerprint density at radius 2 is 0.917 bits per heavy atom. The summed E-state index contributed by atoms with van der Waals surface area (Å²) in [6.07, 6.45) is 11.8. The quantitative estimate of drug-likeness (QED) is 0.232. The molecule has 0 nitrogen and oxygen atoms in total. The third-order valence-corrected chi connectivity index (χ3v) is 20.0. The average molecular weight is 519 g/mol. The maximum absolute atomic E-state index is 2.55. The minimum Gasteiger partial charge on any atom is -0.0622 e. The smallest absolute Gasteiger partial charge is 0.0238 e. The Kier molecular flexibility index (Phi) is 8.33. The molecule has 0 saturated heterocycles. The Hall–Kier alpha value is -2.71. The molecule has 2 aliphatic carbocycles. The van der Waals surface area contributed by atoms with Crippen LogP contribution in [0.2, 0.25) is 13.1 Å². The van der Waals surface area contributed by atoms with Crippen molar-refractivity contribution in [1.82, 2.24) is 0 Å². The first-order valence-corrected chi connectivity index (χ1v) is 19.6. The number of fused-ring (bicyclic) bond motifs is 2. The summed E-state index contributed by atoms with van der Waals surface area (Å²) in [5.74, 6) is 0. The molecule has 2 atom stereocenters. The molecule has 0 heterocycles. The van der Waals surface area contributed by atoms with E-state index in [9.17, 15) is 0 Å². The fourth-order valence-corrected chi connectivity index (χ4v) is 18.0. The summed E-state index contributed by atoms with van der Waals surface area (Å²) in [4.78, 5) is 0. The van der Waals surface area contributed by atoms with Crippen LogP contribution in [0.25, 0.3) is 12.2 Å². The van der Waals surface area contributed by atoms with Gasteiger partial charge in [0.2, 0.25) is 0 Å². The van der Waals surface area contributed by atoms with Crippen molar-refractivity contribution in [2.45, 2.75) is 34.4 Å². The van der Waals surface area contributed by atoms with Crippen LogP contribution in [0.4, 0.5) is 0 Å². The van der Waals surface area contributed by atoms with Crippen LogP contribution in [0.1, 0.15) is 41.8 Å². The first-order valence-electron chi connectivity index (χ1n) is 13.0. The first-order chi connectivity index (χ1) is 17.7. The van der Waals surface area contributed by atoms with Crippen LogP contribution < -0.4 is 0 Å². The summed E-state index contributed by atoms with van der Waals surface area (Å²) in [7, 11) is 0. The van der Waals surface area contributed by atoms with Gasteiger partial charge in [-0.3, -0.25) is 0 Å². The number of hydrogen-bond donors (Lipinski definition) is 0. The molecule has 0 N–H and O–H groups in total. The van der Waals surface area contributed by atoms with E-state index in [0.29, 0.717) is 0 Å². The van der Waals surface area contributed by atoms with Gasteiger partial charge in [-0.1, -0.05) is 60.7 Å². The van der Waals surface area contributed by atoms with Gasteiger partial charge >= 0.3 is 139 Å². The molecule has 0 aromatic heterocycles. The van der Waals surface area contributed by atoms with Gasteiger partial charge in [0, 0.05) is 0 Å². The van der Waals surface area contributed by atoms with E-state index in [1.807, 2.05) is 0 Å². The van der Waals surface area contributed by atoms with E-state index in [1.54, 1.807) is 11.1 Å². The van der Waals surface area contributed by atoms with Crippen LogP contribution in [0.5, 0.6) is 0 Å². The average Bonchev–Trinajstić information content (AvgIpc) is 3.54. The van der Waals surface area contributed by atoms with Crippen LogP contribution >= 0.6 is 0 Å². The molecular formula is C34H34SiTi. The Bertz CT molecular complexity index is 1290. The number of benzene rings is 4. The van der Waals surface area contributed by atoms with Gasteiger partial charge in [-0.05, 0) is 24.0 Å². The molecule has 2 aliphatic rings. The maximum Gasteiger partial charge on any atom is -0.0238 e. The van der Waals surface area contributed by atoms with Gasteiger partial charge < -0.3 is 0 Å². The fraction of sp³-hybridized carbons (Fsp3) is 0.176. The van der Waals surface area contributed by atoms with Gasteiger partial charge in [-0.15, -0.1) is 0 Å². The van der Waals surface area contributed by atoms with Crippen LogP contribution in [0.15, 0.2) is 121 Å². The van der Waals surface area contributed by atoms with Gasteiger partial charge in [0.15, 0.2) is 0 Å². The predicted molar refractivity (Wildman–Crippen MR) is 154 cm³/mol. The molecular weight excluding hydrogens is 484 g/mol. The Balaban J connectivity index is 0.000000165. The molecule has 0 spiro atoms. The second kappa shape index (κ2) is 12.0. The van der Waals surface area contributed by atoms with Gasteiger partial charge in [0.05, 0.1) is 0 Å². The molecule has 2 unspecified atom stereocenters. The van der Waals surface area contributed by atoms with Crippen molar-refractivity contribution in [1.29, 1.82) is 0 Å². The van der Waals surface area contributed by atoms with Crippen molar-refractivity contribution in [2.75, 3.05) is 0 Å². The normalized spacial score (nSPS) is 16.6. The number of hydrogen-bond acceptors (Lipinski definition) is 0. The van der Waals surface area contributed by atoms with Gasteiger partial charge in [0.1, 0.15) is 0 Å². The second-order valence-corrected chi connectivity index (χ2v) is 22.3. The summed E-state index contributed by atoms with van der Waals surface area (Å²) >= 11 is -1.29. The third kappa shape index (κ3) is 5.81. The monoisotopic (exact) mass is 518 g/mol. The van der Waals surface area contributed by atoms with Crippen molar-refractivity contribution in [3.8, 4) is 0 Å². The van der Waals surface area contributed by atoms with Crippen molar-refractivity contribution in [2.24, 2.45) is 0 Å². The molecule has 0 aliphatic heterocycles. The van der Waals surface area contributed by atoms with E-state index in [2.05, 4.69) is 147 Å². The van der Waals surface area contributed by atoms with Gasteiger partial charge in [-0.25, -0.2) is 0 Å². The summed E-state index contributed by atoms with van der Waals surface area (Å²) in [6, 6.07) is 39.3. The van der Waals surface area contributed by atoms with E-state index in [-0.39, 0.29) is 6.19 Å². The summed E-state index contributed by atoms with van der Waals surface area (Å²) in [6.45, 7) is 5.09. The maximum atomic E-state index is 2.55. The van der Waals surface area contributed by atoms with Crippen molar-refractivity contribution in [3.05, 3.63) is 155 Å². The summed E-state index contributed by atoms with van der Waals surface area (Å²) in [5, 5.41) is 0. The van der Waals surface area contributed by atoms with E-state index in [1.165, 1.54) is 22.3 Å². The fourth-order valence-electron chi connectivity index (χ4n) is 5.43. The summed E-state index contributed by atoms with van der Waals surface area (Å²) < 4.78 is 1.47. The molecule has 4 aromatic carbocycles. The second-order valence-electron chi connectivity index (χ2n) is 9.86. The van der Waals surface area contributed by atoms with Gasteiger partial charge in [-0.2, -0.15) is 0 Å². The zero-order valence-electron chi connectivity index (χ0n) is 21.3. The largest absolute Gasteiger partial charge is 0.0622 e. The number of aryl methyl sites for hydroxylation is 2. The third-order valence-electron chi connectivity index (χ3n) is 7.23. The van der Waals surface area contributed by atoms with Crippen LogP contribution in [-0.4, -0.2) is 6.19 Å². The molecule has 36 heavy (non-hydrogen) atoms. The minimum absolute atomic E-state index is 0.258. The number of allylic oxidation sites excluding steroid dienone is 2. The van der Waals surface area contributed by atoms with Crippen LogP contribution in [0, 0.1) is 0 Å². The molecule has 178 valence electrons. The topological polar surface area (TPSA) is 0 Å². The SMILES string of the molecule is C[Si](C)=[Ti]([CH]1C=Cc2ccccc21)[CH]1C=Cc2ccccc21.c1ccc(CCc2ccccc2)cc1. The Labute approximate surface area is 223 Å². The predicted octanol–water partition coefficient (Wildman–Crippen LogP) is 8.86. The zero-order chi connectivity index (χ0) is 24.7. The standard InChI is InChI=1S/C14H14.2C9H7.C2H6Si.Ti/c1-3-7-13(8-4-1)11-12-14-9-5-2-6-10-14;2*1-2-5-9-7-3-6-8(9)4-1;1-3-2;/h1-10H,11-12H2;2*1-7H;1-2H3;. The molecule has 2 heteroatoms. The molecule has 0 bridgehead atoms.